The quantitative estimate of drug-likeness (QED) is 0.538. The Balaban J connectivity index is 0.00000289. The second kappa shape index (κ2) is 10.4. The number of nitrogens with one attached hydrogen (secondary N) is 1. The molecule has 2 aliphatic rings. The summed E-state index contributed by atoms with van der Waals surface area (Å²) in [5, 5.41) is 8.95. The van der Waals surface area contributed by atoms with Gasteiger partial charge in [0.2, 0.25) is 0 Å². The van der Waals surface area contributed by atoms with Crippen LogP contribution >= 0.6 is 13.5 Å². The van der Waals surface area contributed by atoms with Crippen molar-refractivity contribution in [2.24, 2.45) is 0 Å². The maximum absolute atomic E-state index is 13.9. The predicted molar refractivity (Wildman–Crippen MR) is 124 cm³/mol. The van der Waals surface area contributed by atoms with Gasteiger partial charge in [0.1, 0.15) is 18.0 Å². The molecule has 1 heterocycles. The number of methoxy groups -OCH3 is 1. The number of carbonyl (C=O) groups is 2. The summed E-state index contributed by atoms with van der Waals surface area (Å²) in [6, 6.07) is 14.5. The number of hydrogen-bond acceptors (Lipinski definition) is 5. The molecule has 2 N–H and O–H groups in total. The molecule has 1 atom stereocenters. The molecule has 1 aliphatic heterocycles. The monoisotopic (exact) mass is 458 g/mol. The number of ether oxygens (including phenoxy) is 2. The third-order valence-electron chi connectivity index (χ3n) is 6.43. The van der Waals surface area contributed by atoms with Crippen molar-refractivity contribution in [3.8, 4) is 5.75 Å². The van der Waals surface area contributed by atoms with Gasteiger partial charge in [-0.05, 0) is 30.5 Å². The highest BCUT2D eigenvalue weighted by Gasteiger charge is 2.45. The van der Waals surface area contributed by atoms with E-state index in [9.17, 15) is 9.59 Å². The molecule has 1 saturated carbocycles. The fourth-order valence-electron chi connectivity index (χ4n) is 4.63. The van der Waals surface area contributed by atoms with Crippen LogP contribution in [-0.2, 0) is 16.1 Å². The highest BCUT2D eigenvalue weighted by atomic mass is 32.1. The van der Waals surface area contributed by atoms with Gasteiger partial charge < -0.3 is 14.4 Å². The highest BCUT2D eigenvalue weighted by Crippen LogP contribution is 2.38. The Labute approximate surface area is 195 Å². The number of amides is 2. The molecule has 1 fully saturated rings. The lowest BCUT2D eigenvalue weighted by atomic mass is 9.83. The van der Waals surface area contributed by atoms with Crippen LogP contribution in [0.15, 0.2) is 48.5 Å². The molecule has 2 aromatic carbocycles. The molecule has 0 spiro atoms. The van der Waals surface area contributed by atoms with Gasteiger partial charge in [-0.3, -0.25) is 14.8 Å². The van der Waals surface area contributed by atoms with Gasteiger partial charge in [0, 0.05) is 18.2 Å². The fraction of sp³-hybridized carbons (Fsp3) is 0.417. The first kappa shape index (κ1) is 24.1. The van der Waals surface area contributed by atoms with Crippen LogP contribution in [0.5, 0.6) is 5.75 Å². The molecular weight excluding hydrogens is 428 g/mol. The minimum atomic E-state index is -0.813. The Hall–Kier alpha value is -2.55. The molecular formula is C24H30N2O5S. The number of hydrogen-bond donors (Lipinski definition) is 2. The first-order valence-corrected chi connectivity index (χ1v) is 10.7. The van der Waals surface area contributed by atoms with Crippen LogP contribution in [-0.4, -0.2) is 41.2 Å². The standard InChI is InChI=1S/C24H28N2O5.H2S/c1-30-24(12-6-3-7-13-24)23(28)26-15-19-11-10-18(22(27)25-29)14-21(19)31-16-20(26)17-8-4-2-5-9-17;/h2,4-5,8-11,14,20,29H,3,6-7,12-13,15-16H2,1H3,(H,25,27);1H2/t20-;/m1./s1. The Kier molecular flexibility index (Phi) is 7.82. The van der Waals surface area contributed by atoms with Crippen LogP contribution < -0.4 is 10.2 Å². The molecule has 0 aromatic heterocycles. The summed E-state index contributed by atoms with van der Waals surface area (Å²) in [7, 11) is 1.63. The molecule has 1 aliphatic carbocycles. The van der Waals surface area contributed by atoms with Gasteiger partial charge in [0.05, 0.1) is 12.6 Å². The normalized spacial score (nSPS) is 19.6. The number of fused-ring (bicyclic) bond motifs is 1. The molecule has 8 heteroatoms. The van der Waals surface area contributed by atoms with E-state index in [1.165, 1.54) is 0 Å². The molecule has 172 valence electrons. The highest BCUT2D eigenvalue weighted by molar-refractivity contribution is 7.59. The van der Waals surface area contributed by atoms with E-state index in [-0.39, 0.29) is 37.6 Å². The van der Waals surface area contributed by atoms with Gasteiger partial charge in [0.15, 0.2) is 0 Å². The molecule has 0 radical (unpaired) electrons. The summed E-state index contributed by atoms with van der Waals surface area (Å²) in [5.41, 5.74) is 2.92. The summed E-state index contributed by atoms with van der Waals surface area (Å²) in [4.78, 5) is 27.6. The van der Waals surface area contributed by atoms with Crippen molar-refractivity contribution in [1.82, 2.24) is 10.4 Å². The maximum atomic E-state index is 13.9. The molecule has 0 bridgehead atoms. The van der Waals surface area contributed by atoms with Crippen LogP contribution in [0, 0.1) is 0 Å². The van der Waals surface area contributed by atoms with E-state index in [1.807, 2.05) is 35.2 Å². The Morgan fingerprint density at radius 1 is 1.12 bits per heavy atom. The Morgan fingerprint density at radius 2 is 1.84 bits per heavy atom. The Morgan fingerprint density at radius 3 is 2.50 bits per heavy atom. The summed E-state index contributed by atoms with van der Waals surface area (Å²) >= 11 is 0. The zero-order valence-corrected chi connectivity index (χ0v) is 19.2. The van der Waals surface area contributed by atoms with E-state index in [0.717, 1.165) is 30.4 Å². The topological polar surface area (TPSA) is 88.1 Å². The zero-order chi connectivity index (χ0) is 21.8. The number of hydroxylamine groups is 1. The van der Waals surface area contributed by atoms with E-state index < -0.39 is 11.5 Å². The number of rotatable bonds is 4. The summed E-state index contributed by atoms with van der Waals surface area (Å²) in [5.74, 6) is -0.0895. The van der Waals surface area contributed by atoms with Gasteiger partial charge in [-0.2, -0.15) is 13.5 Å². The van der Waals surface area contributed by atoms with Crippen LogP contribution in [0.1, 0.15) is 59.6 Å². The summed E-state index contributed by atoms with van der Waals surface area (Å²) < 4.78 is 11.9. The van der Waals surface area contributed by atoms with Gasteiger partial charge in [-0.1, -0.05) is 55.7 Å². The number of carbonyl (C=O) groups excluding carboxylic acids is 2. The van der Waals surface area contributed by atoms with Crippen LogP contribution in [0.25, 0.3) is 0 Å². The molecule has 2 aromatic rings. The summed E-state index contributed by atoms with van der Waals surface area (Å²) in [6.07, 6.45) is 4.47. The summed E-state index contributed by atoms with van der Waals surface area (Å²) in [6.45, 7) is 0.604. The van der Waals surface area contributed by atoms with E-state index in [2.05, 4.69) is 0 Å². The third-order valence-corrected chi connectivity index (χ3v) is 6.43. The lowest BCUT2D eigenvalue weighted by molar-refractivity contribution is -0.163. The SMILES string of the molecule is COC1(C(=O)N2Cc3ccc(C(=O)NO)cc3OC[C@@H]2c2ccccc2)CCCCC1.S. The van der Waals surface area contributed by atoms with Gasteiger partial charge in [-0.25, -0.2) is 5.48 Å². The lowest BCUT2D eigenvalue weighted by Gasteiger charge is -2.41. The van der Waals surface area contributed by atoms with E-state index in [0.29, 0.717) is 25.1 Å². The van der Waals surface area contributed by atoms with Crippen molar-refractivity contribution < 1.29 is 24.3 Å². The number of benzene rings is 2. The van der Waals surface area contributed by atoms with Crippen molar-refractivity contribution >= 4 is 25.3 Å². The van der Waals surface area contributed by atoms with Crippen molar-refractivity contribution in [1.29, 1.82) is 0 Å². The molecule has 0 saturated heterocycles. The molecule has 2 amide bonds. The van der Waals surface area contributed by atoms with E-state index >= 15 is 0 Å². The minimum absolute atomic E-state index is 0. The van der Waals surface area contributed by atoms with Crippen molar-refractivity contribution in [3.63, 3.8) is 0 Å². The van der Waals surface area contributed by atoms with Gasteiger partial charge in [-0.15, -0.1) is 0 Å². The van der Waals surface area contributed by atoms with Crippen LogP contribution in [0.3, 0.4) is 0 Å². The first-order valence-electron chi connectivity index (χ1n) is 10.7. The second-order valence-corrected chi connectivity index (χ2v) is 8.19. The van der Waals surface area contributed by atoms with E-state index in [4.69, 9.17) is 14.7 Å². The van der Waals surface area contributed by atoms with E-state index in [1.54, 1.807) is 30.8 Å². The third kappa shape index (κ3) is 4.62. The average molecular weight is 459 g/mol. The largest absolute Gasteiger partial charge is 0.491 e. The van der Waals surface area contributed by atoms with Crippen molar-refractivity contribution in [2.45, 2.75) is 50.3 Å². The van der Waals surface area contributed by atoms with Crippen LogP contribution in [0.2, 0.25) is 0 Å². The maximum Gasteiger partial charge on any atom is 0.274 e. The molecule has 7 nitrogen and oxygen atoms in total. The van der Waals surface area contributed by atoms with Crippen molar-refractivity contribution in [2.75, 3.05) is 13.7 Å². The number of nitrogens with zero attached hydrogens (tertiary/aromatic N) is 1. The molecule has 32 heavy (non-hydrogen) atoms. The predicted octanol–water partition coefficient (Wildman–Crippen LogP) is 3.73. The van der Waals surface area contributed by atoms with Crippen LogP contribution in [0.4, 0.5) is 0 Å². The van der Waals surface area contributed by atoms with Gasteiger partial charge in [0.25, 0.3) is 11.8 Å². The Bertz CT molecular complexity index is 947. The second-order valence-electron chi connectivity index (χ2n) is 8.19. The minimum Gasteiger partial charge on any atom is -0.491 e. The lowest BCUT2D eigenvalue weighted by Crippen LogP contribution is -2.52. The molecule has 0 unspecified atom stereocenters. The fourth-order valence-corrected chi connectivity index (χ4v) is 4.63. The van der Waals surface area contributed by atoms with Crippen molar-refractivity contribution in [3.05, 3.63) is 65.2 Å². The zero-order valence-electron chi connectivity index (χ0n) is 18.2. The molecule has 4 rings (SSSR count). The van der Waals surface area contributed by atoms with Gasteiger partial charge >= 0.3 is 0 Å². The average Bonchev–Trinajstić information content (AvgIpc) is 3.03. The first-order chi connectivity index (χ1) is 15.1. The smallest absolute Gasteiger partial charge is 0.274 e.